The first kappa shape index (κ1) is 16.8. The van der Waals surface area contributed by atoms with E-state index in [1.807, 2.05) is 48.5 Å². The fourth-order valence-electron chi connectivity index (χ4n) is 2.58. The van der Waals surface area contributed by atoms with Gasteiger partial charge in [-0.05, 0) is 38.3 Å². The largest absolute Gasteiger partial charge is 0.443 e. The minimum Gasteiger partial charge on any atom is -0.443 e. The predicted octanol–water partition coefficient (Wildman–Crippen LogP) is 4.15. The van der Waals surface area contributed by atoms with E-state index < -0.39 is 11.7 Å². The summed E-state index contributed by atoms with van der Waals surface area (Å²) in [5.74, 6) is 0. The van der Waals surface area contributed by atoms with Gasteiger partial charge in [0.1, 0.15) is 5.60 Å². The molecule has 3 rings (SSSR count). The van der Waals surface area contributed by atoms with Crippen LogP contribution in [0.5, 0.6) is 0 Å². The molecule has 0 atom stereocenters. The van der Waals surface area contributed by atoms with E-state index in [2.05, 4.69) is 5.43 Å². The quantitative estimate of drug-likeness (QED) is 0.765. The third-order valence-corrected chi connectivity index (χ3v) is 3.60. The summed E-state index contributed by atoms with van der Waals surface area (Å²) in [6.07, 6.45) is -0.679. The normalized spacial score (nSPS) is 11.3. The molecule has 0 fully saturated rings. The molecule has 1 amide bonds. The van der Waals surface area contributed by atoms with E-state index in [9.17, 15) is 9.59 Å². The van der Waals surface area contributed by atoms with Crippen molar-refractivity contribution in [3.8, 4) is 11.3 Å². The van der Waals surface area contributed by atoms with Crippen LogP contribution in [-0.4, -0.2) is 16.4 Å². The molecule has 0 aliphatic heterocycles. The van der Waals surface area contributed by atoms with Crippen LogP contribution in [0, 0.1) is 0 Å². The number of aromatic nitrogens is 1. The van der Waals surface area contributed by atoms with Gasteiger partial charge in [-0.2, -0.15) is 0 Å². The van der Waals surface area contributed by atoms with E-state index in [-0.39, 0.29) is 5.56 Å². The molecule has 0 spiro atoms. The second-order valence-corrected chi connectivity index (χ2v) is 6.74. The van der Waals surface area contributed by atoms with Crippen molar-refractivity contribution in [3.05, 3.63) is 71.0 Å². The molecule has 25 heavy (non-hydrogen) atoms. The highest BCUT2D eigenvalue weighted by molar-refractivity contribution is 5.87. The van der Waals surface area contributed by atoms with Crippen molar-refractivity contribution >= 4 is 16.9 Å². The number of carbonyl (C=O) groups is 1. The summed E-state index contributed by atoms with van der Waals surface area (Å²) < 4.78 is 6.53. The SMILES string of the molecule is CC(C)(C)OC(=O)Nn1c(-c2ccccc2)cc2ccccc2c1=O. The van der Waals surface area contributed by atoms with E-state index in [1.54, 1.807) is 32.9 Å². The fourth-order valence-corrected chi connectivity index (χ4v) is 2.58. The minimum absolute atomic E-state index is 0.303. The van der Waals surface area contributed by atoms with Gasteiger partial charge < -0.3 is 4.74 Å². The number of fused-ring (bicyclic) bond motifs is 1. The van der Waals surface area contributed by atoms with Gasteiger partial charge >= 0.3 is 6.09 Å². The summed E-state index contributed by atoms with van der Waals surface area (Å²) in [6.45, 7) is 5.32. The van der Waals surface area contributed by atoms with Crippen molar-refractivity contribution in [2.24, 2.45) is 0 Å². The summed E-state index contributed by atoms with van der Waals surface area (Å²) in [5, 5.41) is 1.34. The second kappa shape index (κ2) is 6.43. The van der Waals surface area contributed by atoms with Crippen LogP contribution in [0.4, 0.5) is 4.79 Å². The summed E-state index contributed by atoms with van der Waals surface area (Å²) in [5.41, 5.74) is 3.02. The zero-order valence-electron chi connectivity index (χ0n) is 14.4. The molecule has 0 bridgehead atoms. The van der Waals surface area contributed by atoms with Gasteiger partial charge in [0.15, 0.2) is 0 Å². The van der Waals surface area contributed by atoms with E-state index in [1.165, 1.54) is 4.68 Å². The minimum atomic E-state index is -0.679. The zero-order valence-corrected chi connectivity index (χ0v) is 14.4. The number of benzene rings is 2. The topological polar surface area (TPSA) is 60.3 Å². The van der Waals surface area contributed by atoms with Crippen molar-refractivity contribution in [2.45, 2.75) is 26.4 Å². The molecule has 0 saturated carbocycles. The predicted molar refractivity (Wildman–Crippen MR) is 99.2 cm³/mol. The number of rotatable bonds is 2. The van der Waals surface area contributed by atoms with Crippen molar-refractivity contribution in [2.75, 3.05) is 5.43 Å². The number of hydrogen-bond acceptors (Lipinski definition) is 3. The number of ether oxygens (including phenoxy) is 1. The highest BCUT2D eigenvalue weighted by Crippen LogP contribution is 2.21. The standard InChI is InChI=1S/C20H20N2O3/c1-20(2,3)25-19(24)21-22-17(14-9-5-4-6-10-14)13-15-11-7-8-12-16(15)18(22)23/h4-13H,1-3H3,(H,21,24). The molecule has 1 aromatic heterocycles. The Labute approximate surface area is 145 Å². The van der Waals surface area contributed by atoms with Gasteiger partial charge in [0.2, 0.25) is 0 Å². The Morgan fingerprint density at radius 1 is 1.00 bits per heavy atom. The zero-order chi connectivity index (χ0) is 18.0. The van der Waals surface area contributed by atoms with Crippen LogP contribution < -0.4 is 11.0 Å². The van der Waals surface area contributed by atoms with E-state index in [4.69, 9.17) is 4.74 Å². The van der Waals surface area contributed by atoms with Gasteiger partial charge in [-0.15, -0.1) is 0 Å². The number of carbonyl (C=O) groups excluding carboxylic acids is 1. The van der Waals surface area contributed by atoms with E-state index >= 15 is 0 Å². The van der Waals surface area contributed by atoms with E-state index in [0.717, 1.165) is 10.9 Å². The number of pyridine rings is 1. The Morgan fingerprint density at radius 2 is 1.64 bits per heavy atom. The lowest BCUT2D eigenvalue weighted by Gasteiger charge is -2.21. The lowest BCUT2D eigenvalue weighted by atomic mass is 10.1. The maximum absolute atomic E-state index is 12.9. The molecule has 5 nitrogen and oxygen atoms in total. The lowest BCUT2D eigenvalue weighted by Crippen LogP contribution is -2.37. The highest BCUT2D eigenvalue weighted by Gasteiger charge is 2.19. The Kier molecular flexibility index (Phi) is 4.31. The van der Waals surface area contributed by atoms with Gasteiger partial charge in [0.25, 0.3) is 5.56 Å². The number of nitrogens with zero attached hydrogens (tertiary/aromatic N) is 1. The molecule has 1 N–H and O–H groups in total. The van der Waals surface area contributed by atoms with Crippen molar-refractivity contribution in [1.29, 1.82) is 0 Å². The maximum Gasteiger partial charge on any atom is 0.427 e. The molecule has 0 unspecified atom stereocenters. The first-order valence-corrected chi connectivity index (χ1v) is 8.05. The van der Waals surface area contributed by atoms with Crippen molar-refractivity contribution in [1.82, 2.24) is 4.68 Å². The average molecular weight is 336 g/mol. The second-order valence-electron chi connectivity index (χ2n) is 6.74. The Bertz CT molecular complexity index is 970. The summed E-state index contributed by atoms with van der Waals surface area (Å²) in [6, 6.07) is 18.6. The number of amides is 1. The van der Waals surface area contributed by atoms with Gasteiger partial charge in [-0.3, -0.25) is 4.79 Å². The first-order chi connectivity index (χ1) is 11.8. The molecule has 0 aliphatic carbocycles. The molecule has 3 aromatic rings. The molecule has 128 valence electrons. The number of hydrogen-bond donors (Lipinski definition) is 1. The third-order valence-electron chi connectivity index (χ3n) is 3.60. The van der Waals surface area contributed by atoms with Crippen LogP contribution in [0.25, 0.3) is 22.0 Å². The molecule has 1 heterocycles. The van der Waals surface area contributed by atoms with Crippen LogP contribution in [0.15, 0.2) is 65.5 Å². The monoisotopic (exact) mass is 336 g/mol. The van der Waals surface area contributed by atoms with Crippen LogP contribution in [0.3, 0.4) is 0 Å². The summed E-state index contributed by atoms with van der Waals surface area (Å²) >= 11 is 0. The molecule has 0 aliphatic rings. The number of nitrogens with one attached hydrogen (secondary N) is 1. The molecule has 5 heteroatoms. The Hall–Kier alpha value is -3.08. The Balaban J connectivity index is 2.16. The van der Waals surface area contributed by atoms with Crippen LogP contribution in [-0.2, 0) is 4.74 Å². The summed E-state index contributed by atoms with van der Waals surface area (Å²) in [4.78, 5) is 25.1. The maximum atomic E-state index is 12.9. The van der Waals surface area contributed by atoms with Gasteiger partial charge in [0, 0.05) is 10.9 Å². The third kappa shape index (κ3) is 3.71. The smallest absolute Gasteiger partial charge is 0.427 e. The van der Waals surface area contributed by atoms with Crippen molar-refractivity contribution in [3.63, 3.8) is 0 Å². The average Bonchev–Trinajstić information content (AvgIpc) is 2.56. The molecular formula is C20H20N2O3. The van der Waals surface area contributed by atoms with E-state index in [0.29, 0.717) is 11.1 Å². The Morgan fingerprint density at radius 3 is 2.32 bits per heavy atom. The molecular weight excluding hydrogens is 316 g/mol. The summed E-state index contributed by atoms with van der Waals surface area (Å²) in [7, 11) is 0. The van der Waals surface area contributed by atoms with Crippen LogP contribution in [0.1, 0.15) is 20.8 Å². The van der Waals surface area contributed by atoms with Crippen LogP contribution in [0.2, 0.25) is 0 Å². The van der Waals surface area contributed by atoms with Gasteiger partial charge in [0.05, 0.1) is 5.69 Å². The van der Waals surface area contributed by atoms with Gasteiger partial charge in [-0.1, -0.05) is 48.5 Å². The van der Waals surface area contributed by atoms with Crippen LogP contribution >= 0.6 is 0 Å². The highest BCUT2D eigenvalue weighted by atomic mass is 16.6. The first-order valence-electron chi connectivity index (χ1n) is 8.05. The molecule has 0 saturated heterocycles. The van der Waals surface area contributed by atoms with Crippen molar-refractivity contribution < 1.29 is 9.53 Å². The van der Waals surface area contributed by atoms with Gasteiger partial charge in [-0.25, -0.2) is 14.9 Å². The fraction of sp³-hybridized carbons (Fsp3) is 0.200. The lowest BCUT2D eigenvalue weighted by molar-refractivity contribution is 0.0613. The molecule has 0 radical (unpaired) electrons. The molecule has 2 aromatic carbocycles.